The molecule has 1 amide bonds. The van der Waals surface area contributed by atoms with E-state index in [1.54, 1.807) is 11.8 Å². The molecule has 5 heteroatoms. The Balaban J connectivity index is 2.71. The second kappa shape index (κ2) is 4.76. The number of carbonyl (C=O) groups is 1. The molecule has 0 aromatic heterocycles. The number of rotatable bonds is 1. The smallest absolute Gasteiger partial charge is 0.219 e. The van der Waals surface area contributed by atoms with Gasteiger partial charge in [-0.25, -0.2) is 3.11 Å². The van der Waals surface area contributed by atoms with Gasteiger partial charge in [0, 0.05) is 56.0 Å². The zero-order chi connectivity index (χ0) is 10.9. The van der Waals surface area contributed by atoms with Gasteiger partial charge in [-0.3, -0.25) is 4.79 Å². The van der Waals surface area contributed by atoms with Gasteiger partial charge in [-0.05, 0) is 5.92 Å². The lowest BCUT2D eigenvalue weighted by atomic mass is 9.90. The number of piperidine rings is 1. The largest absolute Gasteiger partial charge is 0.341 e. The van der Waals surface area contributed by atoms with E-state index in [0.717, 1.165) is 13.1 Å². The zero-order valence-electron chi connectivity index (χ0n) is 8.90. The molecule has 1 aliphatic rings. The van der Waals surface area contributed by atoms with Gasteiger partial charge in [-0.1, -0.05) is 6.92 Å². The molecule has 0 unspecified atom stereocenters. The van der Waals surface area contributed by atoms with Gasteiger partial charge in [0.25, 0.3) is 0 Å². The van der Waals surface area contributed by atoms with Crippen molar-refractivity contribution in [1.29, 1.82) is 0 Å². The van der Waals surface area contributed by atoms with E-state index in [9.17, 15) is 4.79 Å². The fourth-order valence-electron chi connectivity index (χ4n) is 2.13. The minimum Gasteiger partial charge on any atom is -0.341 e. The predicted molar refractivity (Wildman–Crippen MR) is 65.0 cm³/mol. The van der Waals surface area contributed by atoms with Crippen LogP contribution in [0.4, 0.5) is 0 Å². The number of carbonyl (C=O) groups excluding carboxylic acids is 1. The number of halogens is 1. The van der Waals surface area contributed by atoms with Crippen LogP contribution >= 0.6 is 22.9 Å². The van der Waals surface area contributed by atoms with Crippen LogP contribution in [0.5, 0.6) is 0 Å². The quantitative estimate of drug-likeness (QED) is 0.565. The number of hydrogen-bond acceptors (Lipinski definition) is 3. The fraction of sp³-hybridized carbons (Fsp3) is 0.889. The van der Waals surface area contributed by atoms with Gasteiger partial charge in [-0.15, -0.1) is 0 Å². The molecule has 1 saturated heterocycles. The van der Waals surface area contributed by atoms with Crippen molar-refractivity contribution in [2.45, 2.75) is 25.9 Å². The molecule has 0 radical (unpaired) electrons. The van der Waals surface area contributed by atoms with Crippen LogP contribution < -0.4 is 5.73 Å². The summed E-state index contributed by atoms with van der Waals surface area (Å²) >= 11 is 2.29. The summed E-state index contributed by atoms with van der Waals surface area (Å²) in [5.74, 6) is 0.531. The third-order valence-corrected chi connectivity index (χ3v) is 3.65. The van der Waals surface area contributed by atoms with E-state index < -0.39 is 0 Å². The van der Waals surface area contributed by atoms with Crippen LogP contribution in [0.2, 0.25) is 0 Å². The standard InChI is InChI=1S/C9H18IN3O/c1-6-4-13(10)5-8(11)9(6)12(3)7(2)14/h6,8-9H,4-5,11H2,1-3H3/t6-,8+,9-/m0/s1. The summed E-state index contributed by atoms with van der Waals surface area (Å²) in [5.41, 5.74) is 6.06. The molecule has 1 fully saturated rings. The maximum atomic E-state index is 11.3. The molecule has 0 saturated carbocycles. The highest BCUT2D eigenvalue weighted by atomic mass is 127. The van der Waals surface area contributed by atoms with Gasteiger partial charge in [0.2, 0.25) is 5.91 Å². The zero-order valence-corrected chi connectivity index (χ0v) is 11.1. The van der Waals surface area contributed by atoms with E-state index in [0.29, 0.717) is 5.92 Å². The van der Waals surface area contributed by atoms with Gasteiger partial charge in [0.15, 0.2) is 0 Å². The highest BCUT2D eigenvalue weighted by molar-refractivity contribution is 14.1. The van der Waals surface area contributed by atoms with Crippen molar-refractivity contribution in [1.82, 2.24) is 8.01 Å². The lowest BCUT2D eigenvalue weighted by Crippen LogP contribution is -2.59. The highest BCUT2D eigenvalue weighted by Gasteiger charge is 2.35. The Morgan fingerprint density at radius 3 is 2.57 bits per heavy atom. The molecule has 4 nitrogen and oxygen atoms in total. The summed E-state index contributed by atoms with van der Waals surface area (Å²) in [6, 6.07) is 0.239. The molecule has 1 rings (SSSR count). The summed E-state index contributed by atoms with van der Waals surface area (Å²) in [7, 11) is 1.84. The van der Waals surface area contributed by atoms with Crippen LogP contribution in [0.25, 0.3) is 0 Å². The second-order valence-corrected chi connectivity index (χ2v) is 5.45. The molecule has 0 aromatic carbocycles. The molecule has 2 N–H and O–H groups in total. The number of hydrogen-bond donors (Lipinski definition) is 1. The molecule has 14 heavy (non-hydrogen) atoms. The van der Waals surface area contributed by atoms with Crippen molar-refractivity contribution >= 4 is 28.8 Å². The van der Waals surface area contributed by atoms with E-state index in [1.165, 1.54) is 0 Å². The van der Waals surface area contributed by atoms with Crippen molar-refractivity contribution in [3.8, 4) is 0 Å². The lowest BCUT2D eigenvalue weighted by molar-refractivity contribution is -0.131. The van der Waals surface area contributed by atoms with Crippen LogP contribution in [0.15, 0.2) is 0 Å². The van der Waals surface area contributed by atoms with E-state index in [4.69, 9.17) is 5.73 Å². The molecule has 0 aliphatic carbocycles. The normalized spacial score (nSPS) is 34.2. The fourth-order valence-corrected chi connectivity index (χ4v) is 3.21. The van der Waals surface area contributed by atoms with Crippen LogP contribution in [-0.2, 0) is 4.79 Å². The summed E-state index contributed by atoms with van der Waals surface area (Å²) in [5, 5.41) is 0. The minimum absolute atomic E-state index is 0.0598. The lowest BCUT2D eigenvalue weighted by Gasteiger charge is -2.42. The summed E-state index contributed by atoms with van der Waals surface area (Å²) < 4.78 is 2.19. The minimum atomic E-state index is 0.0598. The summed E-state index contributed by atoms with van der Waals surface area (Å²) in [6.45, 7) is 5.59. The van der Waals surface area contributed by atoms with E-state index in [-0.39, 0.29) is 18.0 Å². The molecular weight excluding hydrogens is 293 g/mol. The molecule has 82 valence electrons. The maximum Gasteiger partial charge on any atom is 0.219 e. The van der Waals surface area contributed by atoms with Crippen LogP contribution in [-0.4, -0.2) is 46.1 Å². The number of likely N-dealkylation sites (N-methyl/N-ethyl adjacent to an activating group) is 1. The SMILES string of the molecule is CC(=O)N(C)[C@@H]1[C@H](N)CN(I)C[C@@H]1C. The summed E-state index contributed by atoms with van der Waals surface area (Å²) in [6.07, 6.45) is 0. The number of nitrogens with zero attached hydrogens (tertiary/aromatic N) is 2. The van der Waals surface area contributed by atoms with E-state index in [1.807, 2.05) is 7.05 Å². The van der Waals surface area contributed by atoms with Crippen molar-refractivity contribution in [3.63, 3.8) is 0 Å². The monoisotopic (exact) mass is 311 g/mol. The molecule has 1 aliphatic heterocycles. The van der Waals surface area contributed by atoms with Gasteiger partial charge >= 0.3 is 0 Å². The third-order valence-electron chi connectivity index (χ3n) is 2.86. The van der Waals surface area contributed by atoms with E-state index >= 15 is 0 Å². The predicted octanol–water partition coefficient (Wildman–Crippen LogP) is 0.462. The Hall–Kier alpha value is 0.120. The van der Waals surface area contributed by atoms with Gasteiger partial charge in [0.1, 0.15) is 0 Å². The molecule has 0 bridgehead atoms. The highest BCUT2D eigenvalue weighted by Crippen LogP contribution is 2.22. The van der Waals surface area contributed by atoms with Crippen molar-refractivity contribution < 1.29 is 4.79 Å². The van der Waals surface area contributed by atoms with Crippen LogP contribution in [0.3, 0.4) is 0 Å². The first kappa shape index (κ1) is 12.2. The van der Waals surface area contributed by atoms with Crippen molar-refractivity contribution in [3.05, 3.63) is 0 Å². The first-order valence-corrected chi connectivity index (χ1v) is 5.79. The van der Waals surface area contributed by atoms with Gasteiger partial charge in [-0.2, -0.15) is 0 Å². The van der Waals surface area contributed by atoms with Crippen LogP contribution in [0, 0.1) is 5.92 Å². The first-order chi connectivity index (χ1) is 6.43. The molecule has 1 heterocycles. The second-order valence-electron chi connectivity index (χ2n) is 4.09. The average molecular weight is 311 g/mol. The maximum absolute atomic E-state index is 11.3. The Bertz CT molecular complexity index is 212. The number of nitrogens with two attached hydrogens (primary N) is 1. The number of amides is 1. The van der Waals surface area contributed by atoms with Crippen molar-refractivity contribution in [2.75, 3.05) is 20.1 Å². The van der Waals surface area contributed by atoms with Gasteiger partial charge in [0.05, 0.1) is 6.04 Å². The van der Waals surface area contributed by atoms with E-state index in [2.05, 4.69) is 32.9 Å². The molecule has 0 spiro atoms. The Kier molecular flexibility index (Phi) is 4.15. The Morgan fingerprint density at radius 1 is 1.57 bits per heavy atom. The first-order valence-electron chi connectivity index (χ1n) is 4.83. The average Bonchev–Trinajstić information content (AvgIpc) is 2.01. The topological polar surface area (TPSA) is 49.6 Å². The van der Waals surface area contributed by atoms with Gasteiger partial charge < -0.3 is 10.6 Å². The third kappa shape index (κ3) is 2.58. The summed E-state index contributed by atoms with van der Waals surface area (Å²) in [4.78, 5) is 13.0. The van der Waals surface area contributed by atoms with Crippen molar-refractivity contribution in [2.24, 2.45) is 11.7 Å². The Morgan fingerprint density at radius 2 is 2.14 bits per heavy atom. The van der Waals surface area contributed by atoms with Crippen LogP contribution in [0.1, 0.15) is 13.8 Å². The molecule has 0 aromatic rings. The molecular formula is C9H18IN3O. The Labute approximate surface area is 99.3 Å². The molecule has 3 atom stereocenters.